The van der Waals surface area contributed by atoms with E-state index in [2.05, 4.69) is 70.7 Å². The van der Waals surface area contributed by atoms with Crippen molar-refractivity contribution in [1.29, 1.82) is 0 Å². The number of benzene rings is 4. The van der Waals surface area contributed by atoms with Crippen LogP contribution in [-0.4, -0.2) is 30.7 Å². The summed E-state index contributed by atoms with van der Waals surface area (Å²) in [6, 6.07) is 36.7. The van der Waals surface area contributed by atoms with Crippen LogP contribution in [0.1, 0.15) is 29.0 Å². The summed E-state index contributed by atoms with van der Waals surface area (Å²) in [4.78, 5) is 13.1. The SMILES string of the molecule is COCCNC(=O)CC(c1cccc(Oc2ccccc2)c1)c1cn(Cc2ccccc2)c2ccccc12. The lowest BCUT2D eigenvalue weighted by molar-refractivity contribution is -0.121. The smallest absolute Gasteiger partial charge is 0.221 e. The first-order valence-electron chi connectivity index (χ1n) is 12.9. The predicted molar refractivity (Wildman–Crippen MR) is 152 cm³/mol. The molecule has 38 heavy (non-hydrogen) atoms. The Morgan fingerprint density at radius 3 is 2.34 bits per heavy atom. The van der Waals surface area contributed by atoms with E-state index >= 15 is 0 Å². The Morgan fingerprint density at radius 1 is 0.842 bits per heavy atom. The van der Waals surface area contributed by atoms with Crippen molar-refractivity contribution in [2.45, 2.75) is 18.9 Å². The summed E-state index contributed by atoms with van der Waals surface area (Å²) in [5, 5.41) is 4.15. The molecule has 4 aromatic carbocycles. The van der Waals surface area contributed by atoms with Crippen LogP contribution in [0.3, 0.4) is 0 Å². The summed E-state index contributed by atoms with van der Waals surface area (Å²) in [5.74, 6) is 1.35. The zero-order valence-corrected chi connectivity index (χ0v) is 21.5. The van der Waals surface area contributed by atoms with E-state index in [1.54, 1.807) is 7.11 Å². The zero-order chi connectivity index (χ0) is 26.2. The molecule has 5 rings (SSSR count). The van der Waals surface area contributed by atoms with Crippen LogP contribution in [-0.2, 0) is 16.1 Å². The fourth-order valence-corrected chi connectivity index (χ4v) is 4.84. The first-order valence-corrected chi connectivity index (χ1v) is 12.9. The van der Waals surface area contributed by atoms with Gasteiger partial charge in [-0.25, -0.2) is 0 Å². The van der Waals surface area contributed by atoms with Crippen molar-refractivity contribution in [2.24, 2.45) is 0 Å². The molecular formula is C33H32N2O3. The van der Waals surface area contributed by atoms with Gasteiger partial charge in [-0.3, -0.25) is 4.79 Å². The summed E-state index contributed by atoms with van der Waals surface area (Å²) in [6.45, 7) is 1.72. The fourth-order valence-electron chi connectivity index (χ4n) is 4.84. The van der Waals surface area contributed by atoms with Crippen LogP contribution in [0.25, 0.3) is 10.9 Å². The summed E-state index contributed by atoms with van der Waals surface area (Å²) in [5.41, 5.74) is 4.53. The average molecular weight is 505 g/mol. The maximum Gasteiger partial charge on any atom is 0.221 e. The van der Waals surface area contributed by atoms with Crippen LogP contribution in [0.4, 0.5) is 0 Å². The predicted octanol–water partition coefficient (Wildman–Crippen LogP) is 6.77. The molecule has 5 heteroatoms. The number of para-hydroxylation sites is 2. The van der Waals surface area contributed by atoms with E-state index in [0.29, 0.717) is 19.6 Å². The topological polar surface area (TPSA) is 52.5 Å². The third-order valence-corrected chi connectivity index (χ3v) is 6.65. The molecule has 192 valence electrons. The number of amides is 1. The summed E-state index contributed by atoms with van der Waals surface area (Å²) in [6.07, 6.45) is 2.52. The van der Waals surface area contributed by atoms with Crippen molar-refractivity contribution < 1.29 is 14.3 Å². The van der Waals surface area contributed by atoms with Gasteiger partial charge in [0.15, 0.2) is 0 Å². The first-order chi connectivity index (χ1) is 18.7. The molecule has 1 unspecified atom stereocenters. The van der Waals surface area contributed by atoms with Gasteiger partial charge >= 0.3 is 0 Å². The van der Waals surface area contributed by atoms with E-state index in [9.17, 15) is 4.79 Å². The Hall–Kier alpha value is -4.35. The molecule has 0 aliphatic heterocycles. The van der Waals surface area contributed by atoms with Crippen LogP contribution in [0.2, 0.25) is 0 Å². The monoisotopic (exact) mass is 504 g/mol. The lowest BCUT2D eigenvalue weighted by atomic mass is 9.88. The maximum atomic E-state index is 13.1. The highest BCUT2D eigenvalue weighted by atomic mass is 16.5. The molecule has 0 aliphatic rings. The van der Waals surface area contributed by atoms with Crippen molar-refractivity contribution in [3.63, 3.8) is 0 Å². The van der Waals surface area contributed by atoms with Crippen molar-refractivity contribution in [3.8, 4) is 11.5 Å². The lowest BCUT2D eigenvalue weighted by Crippen LogP contribution is -2.28. The quantitative estimate of drug-likeness (QED) is 0.202. The molecule has 1 heterocycles. The molecule has 0 saturated carbocycles. The maximum absolute atomic E-state index is 13.1. The number of methoxy groups -OCH3 is 1. The van der Waals surface area contributed by atoms with Crippen LogP contribution in [0.5, 0.6) is 11.5 Å². The van der Waals surface area contributed by atoms with Crippen molar-refractivity contribution in [3.05, 3.63) is 132 Å². The molecular weight excluding hydrogens is 472 g/mol. The van der Waals surface area contributed by atoms with Gasteiger partial charge in [-0.2, -0.15) is 0 Å². The molecule has 5 nitrogen and oxygen atoms in total. The normalized spacial score (nSPS) is 11.8. The molecule has 0 bridgehead atoms. The molecule has 1 atom stereocenters. The van der Waals surface area contributed by atoms with E-state index in [1.165, 1.54) is 5.56 Å². The number of carbonyl (C=O) groups excluding carboxylic acids is 1. The summed E-state index contributed by atoms with van der Waals surface area (Å²) in [7, 11) is 1.63. The van der Waals surface area contributed by atoms with Crippen LogP contribution < -0.4 is 10.1 Å². The van der Waals surface area contributed by atoms with Gasteiger partial charge in [-0.05, 0) is 47.0 Å². The number of carbonyl (C=O) groups is 1. The van der Waals surface area contributed by atoms with Crippen molar-refractivity contribution in [2.75, 3.05) is 20.3 Å². The number of rotatable bonds is 11. The Labute approximate surface area is 223 Å². The summed E-state index contributed by atoms with van der Waals surface area (Å²) >= 11 is 0. The Kier molecular flexibility index (Phi) is 8.16. The Morgan fingerprint density at radius 2 is 1.55 bits per heavy atom. The fraction of sp³-hybridized carbons (Fsp3) is 0.182. The first kappa shape index (κ1) is 25.3. The van der Waals surface area contributed by atoms with Gasteiger partial charge < -0.3 is 19.4 Å². The molecule has 0 radical (unpaired) electrons. The van der Waals surface area contributed by atoms with Gasteiger partial charge in [0.2, 0.25) is 5.91 Å². The van der Waals surface area contributed by atoms with Crippen LogP contribution >= 0.6 is 0 Å². The average Bonchev–Trinajstić information content (AvgIpc) is 3.31. The highest BCUT2D eigenvalue weighted by molar-refractivity contribution is 5.87. The van der Waals surface area contributed by atoms with E-state index in [-0.39, 0.29) is 11.8 Å². The molecule has 1 N–H and O–H groups in total. The highest BCUT2D eigenvalue weighted by Crippen LogP contribution is 2.37. The summed E-state index contributed by atoms with van der Waals surface area (Å²) < 4.78 is 13.5. The van der Waals surface area contributed by atoms with Gasteiger partial charge in [0.1, 0.15) is 11.5 Å². The van der Waals surface area contributed by atoms with Gasteiger partial charge in [0.05, 0.1) is 6.61 Å². The van der Waals surface area contributed by atoms with Crippen molar-refractivity contribution in [1.82, 2.24) is 9.88 Å². The lowest BCUT2D eigenvalue weighted by Gasteiger charge is -2.18. The zero-order valence-electron chi connectivity index (χ0n) is 21.5. The second kappa shape index (κ2) is 12.3. The minimum Gasteiger partial charge on any atom is -0.457 e. The van der Waals surface area contributed by atoms with E-state index in [1.807, 2.05) is 54.6 Å². The number of nitrogens with zero attached hydrogens (tertiary/aromatic N) is 1. The minimum absolute atomic E-state index is 0.0127. The van der Waals surface area contributed by atoms with Crippen LogP contribution in [0, 0.1) is 0 Å². The number of fused-ring (bicyclic) bond motifs is 1. The van der Waals surface area contributed by atoms with E-state index < -0.39 is 0 Å². The largest absolute Gasteiger partial charge is 0.457 e. The Balaban J connectivity index is 1.53. The minimum atomic E-state index is -0.154. The molecule has 5 aromatic rings. The molecule has 0 spiro atoms. The number of hydrogen-bond donors (Lipinski definition) is 1. The van der Waals surface area contributed by atoms with Crippen molar-refractivity contribution >= 4 is 16.8 Å². The van der Waals surface area contributed by atoms with Gasteiger partial charge in [-0.1, -0.05) is 78.9 Å². The number of aromatic nitrogens is 1. The second-order valence-electron chi connectivity index (χ2n) is 9.30. The molecule has 0 aliphatic carbocycles. The standard InChI is InChI=1S/C33H32N2O3/c1-37-20-19-34-33(36)22-30(26-13-10-16-28(21-26)38-27-14-6-3-7-15-27)31-24-35(23-25-11-4-2-5-12-25)32-18-9-8-17-29(31)32/h2-18,21,24,30H,19-20,22-23H2,1H3,(H,34,36). The molecule has 1 aromatic heterocycles. The second-order valence-corrected chi connectivity index (χ2v) is 9.30. The van der Waals surface area contributed by atoms with Crippen LogP contribution in [0.15, 0.2) is 115 Å². The Bertz CT molecular complexity index is 1480. The van der Waals surface area contributed by atoms with Gasteiger partial charge in [-0.15, -0.1) is 0 Å². The molecule has 0 fully saturated rings. The third-order valence-electron chi connectivity index (χ3n) is 6.65. The van der Waals surface area contributed by atoms with E-state index in [0.717, 1.165) is 40.1 Å². The number of nitrogens with one attached hydrogen (secondary N) is 1. The van der Waals surface area contributed by atoms with Gasteiger partial charge in [0, 0.05) is 49.6 Å². The number of hydrogen-bond acceptors (Lipinski definition) is 3. The third kappa shape index (κ3) is 6.13. The highest BCUT2D eigenvalue weighted by Gasteiger charge is 2.23. The molecule has 1 amide bonds. The number of ether oxygens (including phenoxy) is 2. The molecule has 0 saturated heterocycles. The van der Waals surface area contributed by atoms with E-state index in [4.69, 9.17) is 9.47 Å². The van der Waals surface area contributed by atoms with Gasteiger partial charge in [0.25, 0.3) is 0 Å².